The first-order valence-corrected chi connectivity index (χ1v) is 4.02. The molecule has 0 aromatic heterocycles. The van der Waals surface area contributed by atoms with E-state index in [4.69, 9.17) is 0 Å². The van der Waals surface area contributed by atoms with Gasteiger partial charge in [0.15, 0.2) is 0 Å². The molecule has 1 aromatic rings. The molecule has 0 fully saturated rings. The summed E-state index contributed by atoms with van der Waals surface area (Å²) in [6, 6.07) is 6.76. The van der Waals surface area contributed by atoms with E-state index in [1.54, 1.807) is 12.1 Å². The summed E-state index contributed by atoms with van der Waals surface area (Å²) < 4.78 is 12.8. The van der Waals surface area contributed by atoms with Crippen molar-refractivity contribution in [1.29, 1.82) is 0 Å². The normalized spacial score (nSPS) is 13.1. The monoisotopic (exact) mass is 202 g/mol. The minimum atomic E-state index is -0.146. The average molecular weight is 203 g/mol. The first-order valence-electron chi connectivity index (χ1n) is 3.10. The summed E-state index contributed by atoms with van der Waals surface area (Å²) >= 11 is 3.29. The van der Waals surface area contributed by atoms with Crippen LogP contribution in [0.4, 0.5) is 4.39 Å². The molecule has 0 aliphatic heterocycles. The Labute approximate surface area is 68.2 Å². The van der Waals surface area contributed by atoms with Crippen LogP contribution in [0.25, 0.3) is 0 Å². The third-order valence-electron chi connectivity index (χ3n) is 1.33. The SMILES string of the molecule is C[C@H](Br)c1ccccc1F. The van der Waals surface area contributed by atoms with Crippen molar-refractivity contribution < 1.29 is 4.39 Å². The van der Waals surface area contributed by atoms with Crippen molar-refractivity contribution >= 4 is 15.9 Å². The zero-order valence-electron chi connectivity index (χ0n) is 5.64. The van der Waals surface area contributed by atoms with Gasteiger partial charge >= 0.3 is 0 Å². The van der Waals surface area contributed by atoms with Crippen molar-refractivity contribution in [2.75, 3.05) is 0 Å². The third-order valence-corrected chi connectivity index (χ3v) is 1.83. The van der Waals surface area contributed by atoms with Crippen molar-refractivity contribution in [3.05, 3.63) is 35.6 Å². The Hall–Kier alpha value is -0.370. The van der Waals surface area contributed by atoms with E-state index in [0.29, 0.717) is 5.56 Å². The lowest BCUT2D eigenvalue weighted by molar-refractivity contribution is 0.612. The highest BCUT2D eigenvalue weighted by Crippen LogP contribution is 2.23. The van der Waals surface area contributed by atoms with E-state index in [9.17, 15) is 4.39 Å². The molecule has 0 unspecified atom stereocenters. The molecule has 0 saturated carbocycles. The van der Waals surface area contributed by atoms with Crippen LogP contribution in [0.3, 0.4) is 0 Å². The molecule has 0 heterocycles. The maximum Gasteiger partial charge on any atom is 0.127 e. The van der Waals surface area contributed by atoms with Crippen molar-refractivity contribution in [2.45, 2.75) is 11.8 Å². The number of benzene rings is 1. The van der Waals surface area contributed by atoms with Gasteiger partial charge in [-0.15, -0.1) is 0 Å². The Kier molecular flexibility index (Phi) is 2.44. The maximum atomic E-state index is 12.8. The molecule has 0 N–H and O–H groups in total. The molecule has 0 saturated heterocycles. The maximum absolute atomic E-state index is 12.8. The minimum absolute atomic E-state index is 0.0914. The van der Waals surface area contributed by atoms with Gasteiger partial charge in [0.25, 0.3) is 0 Å². The lowest BCUT2D eigenvalue weighted by atomic mass is 10.2. The summed E-state index contributed by atoms with van der Waals surface area (Å²) in [5.41, 5.74) is 0.711. The third kappa shape index (κ3) is 1.57. The van der Waals surface area contributed by atoms with Crippen molar-refractivity contribution in [1.82, 2.24) is 0 Å². The Bertz CT molecular complexity index is 220. The summed E-state index contributed by atoms with van der Waals surface area (Å²) in [7, 11) is 0. The average Bonchev–Trinajstić information content (AvgIpc) is 1.88. The second-order valence-corrected chi connectivity index (χ2v) is 3.51. The predicted octanol–water partition coefficient (Wildman–Crippen LogP) is 3.28. The fraction of sp³-hybridized carbons (Fsp3) is 0.250. The van der Waals surface area contributed by atoms with Crippen molar-refractivity contribution in [3.63, 3.8) is 0 Å². The second kappa shape index (κ2) is 3.15. The molecule has 1 rings (SSSR count). The van der Waals surface area contributed by atoms with Gasteiger partial charge in [0.1, 0.15) is 5.82 Å². The van der Waals surface area contributed by atoms with E-state index in [0.717, 1.165) is 0 Å². The molecule has 54 valence electrons. The second-order valence-electron chi connectivity index (χ2n) is 2.14. The molecule has 1 atom stereocenters. The number of halogens is 2. The topological polar surface area (TPSA) is 0 Å². The molecular weight excluding hydrogens is 195 g/mol. The zero-order chi connectivity index (χ0) is 7.56. The fourth-order valence-electron chi connectivity index (χ4n) is 0.798. The summed E-state index contributed by atoms with van der Waals surface area (Å²) in [5.74, 6) is -0.146. The first-order chi connectivity index (χ1) is 4.72. The standard InChI is InChI=1S/C8H8BrF/c1-6(9)7-4-2-3-5-8(7)10/h2-6H,1H3/t6-/m0/s1. The van der Waals surface area contributed by atoms with Crippen LogP contribution >= 0.6 is 15.9 Å². The van der Waals surface area contributed by atoms with Gasteiger partial charge in [-0.05, 0) is 13.0 Å². The van der Waals surface area contributed by atoms with Gasteiger partial charge in [-0.3, -0.25) is 0 Å². The molecule has 0 aliphatic rings. The Morgan fingerprint density at radius 1 is 1.40 bits per heavy atom. The van der Waals surface area contributed by atoms with Crippen molar-refractivity contribution in [2.24, 2.45) is 0 Å². The van der Waals surface area contributed by atoms with E-state index in [-0.39, 0.29) is 10.6 Å². The molecular formula is C8H8BrF. The molecule has 0 nitrogen and oxygen atoms in total. The summed E-state index contributed by atoms with van der Waals surface area (Å²) in [5, 5.41) is 0. The van der Waals surface area contributed by atoms with Crippen LogP contribution in [0.15, 0.2) is 24.3 Å². The zero-order valence-corrected chi connectivity index (χ0v) is 7.23. The lowest BCUT2D eigenvalue weighted by Crippen LogP contribution is -1.87. The predicted molar refractivity (Wildman–Crippen MR) is 43.7 cm³/mol. The summed E-state index contributed by atoms with van der Waals surface area (Å²) in [6.45, 7) is 1.90. The number of hydrogen-bond acceptors (Lipinski definition) is 0. The smallest absolute Gasteiger partial charge is 0.127 e. The van der Waals surface area contributed by atoms with E-state index < -0.39 is 0 Å². The molecule has 10 heavy (non-hydrogen) atoms. The molecule has 1 aromatic carbocycles. The van der Waals surface area contributed by atoms with Crippen LogP contribution in [-0.4, -0.2) is 0 Å². The van der Waals surface area contributed by atoms with Crippen LogP contribution in [0.5, 0.6) is 0 Å². The first kappa shape index (κ1) is 7.73. The van der Waals surface area contributed by atoms with Crippen LogP contribution in [0.2, 0.25) is 0 Å². The van der Waals surface area contributed by atoms with Gasteiger partial charge in [0.05, 0.1) is 0 Å². The van der Waals surface area contributed by atoms with E-state index in [1.165, 1.54) is 6.07 Å². The van der Waals surface area contributed by atoms with Gasteiger partial charge in [-0.2, -0.15) is 0 Å². The van der Waals surface area contributed by atoms with Crippen LogP contribution in [0, 0.1) is 5.82 Å². The summed E-state index contributed by atoms with van der Waals surface area (Å²) in [6.07, 6.45) is 0. The highest BCUT2D eigenvalue weighted by atomic mass is 79.9. The van der Waals surface area contributed by atoms with E-state index in [2.05, 4.69) is 15.9 Å². The van der Waals surface area contributed by atoms with E-state index >= 15 is 0 Å². The minimum Gasteiger partial charge on any atom is -0.207 e. The molecule has 0 radical (unpaired) electrons. The van der Waals surface area contributed by atoms with E-state index in [1.807, 2.05) is 13.0 Å². The number of alkyl halides is 1. The number of hydrogen-bond donors (Lipinski definition) is 0. The summed E-state index contributed by atoms with van der Waals surface area (Å²) in [4.78, 5) is 0.0914. The highest BCUT2D eigenvalue weighted by Gasteiger charge is 2.04. The molecule has 0 amide bonds. The van der Waals surface area contributed by atoms with Crippen molar-refractivity contribution in [3.8, 4) is 0 Å². The van der Waals surface area contributed by atoms with Gasteiger partial charge in [-0.25, -0.2) is 4.39 Å². The van der Waals surface area contributed by atoms with Crippen LogP contribution in [0.1, 0.15) is 17.3 Å². The van der Waals surface area contributed by atoms with Gasteiger partial charge < -0.3 is 0 Å². The lowest BCUT2D eigenvalue weighted by Gasteiger charge is -2.02. The largest absolute Gasteiger partial charge is 0.207 e. The molecule has 0 spiro atoms. The van der Waals surface area contributed by atoms with Crippen LogP contribution in [-0.2, 0) is 0 Å². The highest BCUT2D eigenvalue weighted by molar-refractivity contribution is 9.09. The van der Waals surface area contributed by atoms with Crippen LogP contribution < -0.4 is 0 Å². The Morgan fingerprint density at radius 3 is 2.40 bits per heavy atom. The van der Waals surface area contributed by atoms with Gasteiger partial charge in [0.2, 0.25) is 0 Å². The molecule has 2 heteroatoms. The number of rotatable bonds is 1. The Morgan fingerprint density at radius 2 is 2.00 bits per heavy atom. The Balaban J connectivity index is 3.03. The molecule has 0 aliphatic carbocycles. The fourth-order valence-corrected chi connectivity index (χ4v) is 1.17. The quantitative estimate of drug-likeness (QED) is 0.614. The molecule has 0 bridgehead atoms. The van der Waals surface area contributed by atoms with Gasteiger partial charge in [0, 0.05) is 10.4 Å². The van der Waals surface area contributed by atoms with Gasteiger partial charge in [-0.1, -0.05) is 34.1 Å².